The standard InChI is InChI=1S/C19H24N2O/c1-13(2)12-15-4-6-16(7-5-15)14(3)19(20)21-17-8-10-18(22)11-9-17/h4-11,13-14,22H,12H2,1-3H3,(H2,20,21). The van der Waals surface area contributed by atoms with Crippen LogP contribution in [0.2, 0.25) is 0 Å². The van der Waals surface area contributed by atoms with E-state index in [0.29, 0.717) is 11.8 Å². The summed E-state index contributed by atoms with van der Waals surface area (Å²) in [7, 11) is 0. The van der Waals surface area contributed by atoms with E-state index in [9.17, 15) is 5.11 Å². The van der Waals surface area contributed by atoms with Gasteiger partial charge in [-0.15, -0.1) is 0 Å². The quantitative estimate of drug-likeness (QED) is 0.635. The lowest BCUT2D eigenvalue weighted by Gasteiger charge is -2.13. The van der Waals surface area contributed by atoms with Crippen molar-refractivity contribution in [2.24, 2.45) is 16.6 Å². The first kappa shape index (κ1) is 16.1. The Morgan fingerprint density at radius 2 is 1.59 bits per heavy atom. The molecule has 0 aromatic heterocycles. The van der Waals surface area contributed by atoms with Crippen molar-refractivity contribution in [1.29, 1.82) is 0 Å². The van der Waals surface area contributed by atoms with E-state index >= 15 is 0 Å². The van der Waals surface area contributed by atoms with E-state index in [1.807, 2.05) is 0 Å². The third-order valence-corrected chi connectivity index (χ3v) is 3.68. The Morgan fingerprint density at radius 3 is 2.14 bits per heavy atom. The Hall–Kier alpha value is -2.29. The molecule has 0 aliphatic carbocycles. The maximum Gasteiger partial charge on any atom is 0.115 e. The Labute approximate surface area is 132 Å². The van der Waals surface area contributed by atoms with Gasteiger partial charge in [-0.3, -0.25) is 0 Å². The predicted molar refractivity (Wildman–Crippen MR) is 92.8 cm³/mol. The van der Waals surface area contributed by atoms with Gasteiger partial charge < -0.3 is 10.8 Å². The van der Waals surface area contributed by atoms with Gasteiger partial charge in [0.05, 0.1) is 5.69 Å². The minimum absolute atomic E-state index is 0.0573. The maximum absolute atomic E-state index is 9.29. The number of hydrogen-bond acceptors (Lipinski definition) is 2. The van der Waals surface area contributed by atoms with Crippen molar-refractivity contribution in [3.05, 3.63) is 59.7 Å². The Balaban J connectivity index is 2.12. The number of hydrogen-bond donors (Lipinski definition) is 2. The molecule has 0 saturated heterocycles. The Kier molecular flexibility index (Phi) is 5.21. The molecule has 0 bridgehead atoms. The zero-order valence-corrected chi connectivity index (χ0v) is 13.5. The summed E-state index contributed by atoms with van der Waals surface area (Å²) in [4.78, 5) is 4.43. The van der Waals surface area contributed by atoms with Crippen LogP contribution >= 0.6 is 0 Å². The van der Waals surface area contributed by atoms with Crippen LogP contribution in [0.15, 0.2) is 53.5 Å². The Morgan fingerprint density at radius 1 is 1.00 bits per heavy atom. The maximum atomic E-state index is 9.29. The van der Waals surface area contributed by atoms with E-state index < -0.39 is 0 Å². The minimum atomic E-state index is 0.0573. The van der Waals surface area contributed by atoms with Crippen LogP contribution in [-0.4, -0.2) is 10.9 Å². The lowest BCUT2D eigenvalue weighted by molar-refractivity contribution is 0.475. The van der Waals surface area contributed by atoms with Gasteiger partial charge in [-0.05, 0) is 47.7 Å². The van der Waals surface area contributed by atoms with Gasteiger partial charge in [0.2, 0.25) is 0 Å². The van der Waals surface area contributed by atoms with Crippen molar-refractivity contribution in [3.8, 4) is 5.75 Å². The second-order valence-electron chi connectivity index (χ2n) is 6.11. The normalized spacial score (nSPS) is 13.4. The summed E-state index contributed by atoms with van der Waals surface area (Å²) in [5.41, 5.74) is 9.38. The summed E-state index contributed by atoms with van der Waals surface area (Å²) in [6.45, 7) is 6.49. The average molecular weight is 296 g/mol. The van der Waals surface area contributed by atoms with Crippen molar-refractivity contribution in [3.63, 3.8) is 0 Å². The molecule has 0 amide bonds. The first-order chi connectivity index (χ1) is 10.5. The lowest BCUT2D eigenvalue weighted by Crippen LogP contribution is -2.19. The molecule has 3 heteroatoms. The van der Waals surface area contributed by atoms with E-state index in [4.69, 9.17) is 5.73 Å². The Bertz CT molecular complexity index is 627. The minimum Gasteiger partial charge on any atom is -0.508 e. The van der Waals surface area contributed by atoms with E-state index in [1.165, 1.54) is 5.56 Å². The van der Waals surface area contributed by atoms with Crippen molar-refractivity contribution >= 4 is 11.5 Å². The highest BCUT2D eigenvalue weighted by atomic mass is 16.3. The van der Waals surface area contributed by atoms with E-state index in [1.54, 1.807) is 24.3 Å². The van der Waals surface area contributed by atoms with Crippen molar-refractivity contribution < 1.29 is 5.11 Å². The highest BCUT2D eigenvalue weighted by Crippen LogP contribution is 2.21. The third kappa shape index (κ3) is 4.35. The van der Waals surface area contributed by atoms with Crippen molar-refractivity contribution in [2.75, 3.05) is 0 Å². The number of rotatable bonds is 5. The number of amidine groups is 1. The van der Waals surface area contributed by atoms with Crippen molar-refractivity contribution in [2.45, 2.75) is 33.1 Å². The molecular formula is C19H24N2O. The van der Waals surface area contributed by atoms with Crippen LogP contribution in [0, 0.1) is 5.92 Å². The molecule has 0 fully saturated rings. The molecule has 0 aliphatic heterocycles. The first-order valence-corrected chi connectivity index (χ1v) is 7.67. The highest BCUT2D eigenvalue weighted by molar-refractivity contribution is 5.89. The molecule has 3 nitrogen and oxygen atoms in total. The largest absolute Gasteiger partial charge is 0.508 e. The fourth-order valence-electron chi connectivity index (χ4n) is 2.36. The molecular weight excluding hydrogens is 272 g/mol. The fraction of sp³-hybridized carbons (Fsp3) is 0.316. The first-order valence-electron chi connectivity index (χ1n) is 7.67. The summed E-state index contributed by atoms with van der Waals surface area (Å²) in [6.07, 6.45) is 1.09. The van der Waals surface area contributed by atoms with E-state index in [2.05, 4.69) is 50.0 Å². The van der Waals surface area contributed by atoms with Crippen LogP contribution in [0.4, 0.5) is 5.69 Å². The summed E-state index contributed by atoms with van der Waals surface area (Å²) >= 11 is 0. The second-order valence-corrected chi connectivity index (χ2v) is 6.11. The number of nitrogens with two attached hydrogens (primary N) is 1. The lowest BCUT2D eigenvalue weighted by atomic mass is 9.96. The molecule has 1 unspecified atom stereocenters. The summed E-state index contributed by atoms with van der Waals surface area (Å²) in [5, 5.41) is 9.29. The fourth-order valence-corrected chi connectivity index (χ4v) is 2.36. The smallest absolute Gasteiger partial charge is 0.115 e. The van der Waals surface area contributed by atoms with Crippen LogP contribution < -0.4 is 5.73 Å². The van der Waals surface area contributed by atoms with Gasteiger partial charge in [0.1, 0.15) is 11.6 Å². The molecule has 2 aromatic carbocycles. The zero-order valence-electron chi connectivity index (χ0n) is 13.5. The van der Waals surface area contributed by atoms with Crippen LogP contribution in [0.3, 0.4) is 0 Å². The monoisotopic (exact) mass is 296 g/mol. The van der Waals surface area contributed by atoms with Gasteiger partial charge in [-0.25, -0.2) is 4.99 Å². The van der Waals surface area contributed by atoms with Crippen LogP contribution in [0.1, 0.15) is 37.8 Å². The van der Waals surface area contributed by atoms with Gasteiger partial charge in [-0.2, -0.15) is 0 Å². The molecule has 0 saturated carbocycles. The molecule has 0 aliphatic rings. The van der Waals surface area contributed by atoms with Crippen molar-refractivity contribution in [1.82, 2.24) is 0 Å². The zero-order chi connectivity index (χ0) is 16.1. The third-order valence-electron chi connectivity index (χ3n) is 3.68. The molecule has 0 spiro atoms. The second kappa shape index (κ2) is 7.12. The molecule has 0 radical (unpaired) electrons. The SMILES string of the molecule is CC(C)Cc1ccc(C(C)C(N)=Nc2ccc(O)cc2)cc1. The number of phenols is 1. The summed E-state index contributed by atoms with van der Waals surface area (Å²) < 4.78 is 0. The molecule has 2 rings (SSSR count). The number of benzene rings is 2. The number of aliphatic imine (C=N–C) groups is 1. The molecule has 22 heavy (non-hydrogen) atoms. The van der Waals surface area contributed by atoms with E-state index in [0.717, 1.165) is 17.7 Å². The molecule has 1 atom stereocenters. The molecule has 3 N–H and O–H groups in total. The van der Waals surface area contributed by atoms with Crippen LogP contribution in [0.25, 0.3) is 0 Å². The van der Waals surface area contributed by atoms with Gasteiger partial charge in [0, 0.05) is 5.92 Å². The number of phenolic OH excluding ortho intramolecular Hbond substituents is 1. The van der Waals surface area contributed by atoms with Gasteiger partial charge >= 0.3 is 0 Å². The van der Waals surface area contributed by atoms with Gasteiger partial charge in [0.15, 0.2) is 0 Å². The molecule has 0 heterocycles. The summed E-state index contributed by atoms with van der Waals surface area (Å²) in [6, 6.07) is 15.3. The number of aromatic hydroxyl groups is 1. The van der Waals surface area contributed by atoms with Crippen LogP contribution in [-0.2, 0) is 6.42 Å². The van der Waals surface area contributed by atoms with Gasteiger partial charge in [-0.1, -0.05) is 45.0 Å². The van der Waals surface area contributed by atoms with Gasteiger partial charge in [0.25, 0.3) is 0 Å². The molecule has 2 aromatic rings. The molecule has 116 valence electrons. The highest BCUT2D eigenvalue weighted by Gasteiger charge is 2.10. The van der Waals surface area contributed by atoms with E-state index in [-0.39, 0.29) is 11.7 Å². The number of nitrogens with zero attached hydrogens (tertiary/aromatic N) is 1. The topological polar surface area (TPSA) is 58.6 Å². The average Bonchev–Trinajstić information content (AvgIpc) is 2.49. The van der Waals surface area contributed by atoms with Crippen LogP contribution in [0.5, 0.6) is 5.75 Å². The predicted octanol–water partition coefficient (Wildman–Crippen LogP) is 4.38. The summed E-state index contributed by atoms with van der Waals surface area (Å²) in [5.74, 6) is 1.51.